The monoisotopic (exact) mass is 486 g/mol. The van der Waals surface area contributed by atoms with Crippen LogP contribution in [0.4, 0.5) is 13.2 Å². The van der Waals surface area contributed by atoms with Crippen molar-refractivity contribution < 1.29 is 23.1 Å². The van der Waals surface area contributed by atoms with Crippen molar-refractivity contribution in [2.45, 2.75) is 87.6 Å². The molecular formula is C26H29F3N4O2. The van der Waals surface area contributed by atoms with Gasteiger partial charge in [0.1, 0.15) is 0 Å². The quantitative estimate of drug-likeness (QED) is 0.593. The highest BCUT2D eigenvalue weighted by Gasteiger charge is 2.51. The predicted molar refractivity (Wildman–Crippen MR) is 122 cm³/mol. The predicted octanol–water partition coefficient (Wildman–Crippen LogP) is 5.04. The Kier molecular flexibility index (Phi) is 6.87. The van der Waals surface area contributed by atoms with E-state index >= 15 is 0 Å². The van der Waals surface area contributed by atoms with Gasteiger partial charge in [-0.25, -0.2) is 0 Å². The molecule has 9 heteroatoms. The number of amides is 1. The summed E-state index contributed by atoms with van der Waals surface area (Å²) in [5.41, 5.74) is -2.34. The highest BCUT2D eigenvalue weighted by molar-refractivity contribution is 5.95. The molecule has 2 fully saturated rings. The van der Waals surface area contributed by atoms with Crippen LogP contribution >= 0.6 is 0 Å². The molecule has 1 heterocycles. The summed E-state index contributed by atoms with van der Waals surface area (Å²) >= 11 is 0. The van der Waals surface area contributed by atoms with Gasteiger partial charge >= 0.3 is 6.18 Å². The van der Waals surface area contributed by atoms with Crippen molar-refractivity contribution in [3.05, 3.63) is 59.7 Å². The lowest BCUT2D eigenvalue weighted by molar-refractivity contribution is -0.258. The molecule has 4 rings (SSSR count). The Labute approximate surface area is 202 Å². The number of benzene rings is 1. The molecule has 2 aromatic rings. The first-order valence-corrected chi connectivity index (χ1v) is 11.9. The first kappa shape index (κ1) is 25.1. The maximum Gasteiger partial charge on any atom is 0.421 e. The second-order valence-electron chi connectivity index (χ2n) is 9.85. The topological polar surface area (TPSA) is 90.1 Å². The number of nitriles is 1. The largest absolute Gasteiger partial charge is 0.421 e. The van der Waals surface area contributed by atoms with Crippen molar-refractivity contribution in [1.29, 1.82) is 5.26 Å². The Balaban J connectivity index is 1.51. The van der Waals surface area contributed by atoms with Gasteiger partial charge in [0.2, 0.25) is 0 Å². The van der Waals surface area contributed by atoms with Gasteiger partial charge in [-0.3, -0.25) is 14.8 Å². The number of carbonyl (C=O) groups is 1. The zero-order chi connectivity index (χ0) is 25.3. The lowest BCUT2D eigenvalue weighted by Crippen LogP contribution is -2.46. The third kappa shape index (κ3) is 5.03. The van der Waals surface area contributed by atoms with Crippen LogP contribution in [0.2, 0.25) is 0 Å². The number of nitrogens with zero attached hydrogens (tertiary/aromatic N) is 4. The normalized spacial score (nSPS) is 24.3. The van der Waals surface area contributed by atoms with Gasteiger partial charge < -0.3 is 10.0 Å². The maximum absolute atomic E-state index is 13.5. The summed E-state index contributed by atoms with van der Waals surface area (Å²) in [6.07, 6.45) is 6.23. The van der Waals surface area contributed by atoms with Gasteiger partial charge in [-0.2, -0.15) is 18.4 Å². The first-order chi connectivity index (χ1) is 16.6. The molecule has 1 atom stereocenters. The summed E-state index contributed by atoms with van der Waals surface area (Å²) in [5, 5.41) is 19.1. The molecule has 0 spiro atoms. The lowest BCUT2D eigenvalue weighted by Gasteiger charge is -2.43. The Morgan fingerprint density at radius 1 is 1.14 bits per heavy atom. The molecule has 1 aromatic heterocycles. The number of hydrogen-bond donors (Lipinski definition) is 1. The molecule has 0 bridgehead atoms. The van der Waals surface area contributed by atoms with E-state index in [2.05, 4.69) is 16.0 Å². The van der Waals surface area contributed by atoms with Crippen molar-refractivity contribution >= 4 is 5.91 Å². The van der Waals surface area contributed by atoms with Crippen LogP contribution in [-0.2, 0) is 11.0 Å². The number of aromatic nitrogens is 2. The van der Waals surface area contributed by atoms with Gasteiger partial charge in [0.15, 0.2) is 5.60 Å². The van der Waals surface area contributed by atoms with Crippen LogP contribution in [-0.4, -0.2) is 44.1 Å². The zero-order valence-electron chi connectivity index (χ0n) is 19.6. The fourth-order valence-electron chi connectivity index (χ4n) is 5.17. The van der Waals surface area contributed by atoms with Gasteiger partial charge in [-0.05, 0) is 69.6 Å². The van der Waals surface area contributed by atoms with Crippen molar-refractivity contribution in [2.75, 3.05) is 0 Å². The number of halogens is 3. The van der Waals surface area contributed by atoms with E-state index in [1.54, 1.807) is 18.6 Å². The molecule has 1 N–H and O–H groups in total. The molecule has 186 valence electrons. The van der Waals surface area contributed by atoms with E-state index in [1.165, 1.54) is 24.3 Å². The number of rotatable bonds is 7. The highest BCUT2D eigenvalue weighted by atomic mass is 19.4. The molecule has 1 amide bonds. The van der Waals surface area contributed by atoms with Crippen LogP contribution < -0.4 is 0 Å². The molecule has 0 saturated heterocycles. The minimum Gasteiger partial charge on any atom is -0.376 e. The van der Waals surface area contributed by atoms with Crippen molar-refractivity contribution in [1.82, 2.24) is 14.9 Å². The fraction of sp³-hybridized carbons (Fsp3) is 0.538. The van der Waals surface area contributed by atoms with E-state index in [0.717, 1.165) is 44.2 Å². The van der Waals surface area contributed by atoms with E-state index in [0.29, 0.717) is 25.3 Å². The number of carbonyl (C=O) groups excluding carboxylic acids is 1. The van der Waals surface area contributed by atoms with Crippen LogP contribution in [0.5, 0.6) is 0 Å². The van der Waals surface area contributed by atoms with Gasteiger partial charge in [0.25, 0.3) is 5.91 Å². The summed E-state index contributed by atoms with van der Waals surface area (Å²) in [5.74, 6) is -0.195. The van der Waals surface area contributed by atoms with Crippen molar-refractivity contribution in [3.63, 3.8) is 0 Å². The smallest absolute Gasteiger partial charge is 0.376 e. The Hall–Kier alpha value is -2.99. The summed E-state index contributed by atoms with van der Waals surface area (Å²) in [4.78, 5) is 24.1. The van der Waals surface area contributed by atoms with Crippen LogP contribution in [0.3, 0.4) is 0 Å². The molecule has 2 aliphatic rings. The van der Waals surface area contributed by atoms with Crippen molar-refractivity contribution in [3.8, 4) is 6.07 Å². The molecule has 1 aromatic carbocycles. The third-order valence-electron chi connectivity index (χ3n) is 7.55. The number of hydrogen-bond acceptors (Lipinski definition) is 5. The maximum atomic E-state index is 13.5. The Morgan fingerprint density at radius 2 is 1.77 bits per heavy atom. The molecule has 35 heavy (non-hydrogen) atoms. The van der Waals surface area contributed by atoms with E-state index in [1.807, 2.05) is 4.90 Å². The molecule has 0 radical (unpaired) electrons. The number of alkyl halides is 3. The summed E-state index contributed by atoms with van der Waals surface area (Å²) in [7, 11) is 0. The van der Waals surface area contributed by atoms with E-state index in [9.17, 15) is 28.3 Å². The molecular weight excluding hydrogens is 457 g/mol. The number of aliphatic hydroxyl groups is 1. The van der Waals surface area contributed by atoms with Gasteiger partial charge in [0, 0.05) is 48.1 Å². The van der Waals surface area contributed by atoms with Crippen LogP contribution in [0.15, 0.2) is 42.9 Å². The summed E-state index contributed by atoms with van der Waals surface area (Å²) in [6, 6.07) is 7.47. The van der Waals surface area contributed by atoms with E-state index < -0.39 is 11.8 Å². The summed E-state index contributed by atoms with van der Waals surface area (Å²) < 4.78 is 39.5. The fourth-order valence-corrected chi connectivity index (χ4v) is 5.17. The minimum atomic E-state index is -4.82. The Morgan fingerprint density at radius 3 is 2.29 bits per heavy atom. The molecule has 0 unspecified atom stereocenters. The van der Waals surface area contributed by atoms with Crippen LogP contribution in [0.25, 0.3) is 0 Å². The van der Waals surface area contributed by atoms with Gasteiger partial charge in [-0.15, -0.1) is 0 Å². The standard InChI is InChI=1S/C26H29F3N4O2/c1-24(35,26(27,28)29)19-5-3-18(4-6-19)23(34)33(20-7-8-20)21-9-12-25(13-10-21,11-2-14-30)22-17-31-15-16-32-22/h3-6,15-17,20-21,35H,2,7-13H2,1H3/t21?,24-,25?/m0/s1. The van der Waals surface area contributed by atoms with E-state index in [4.69, 9.17) is 0 Å². The minimum absolute atomic E-state index is 0.0137. The average Bonchev–Trinajstić information content (AvgIpc) is 3.69. The highest BCUT2D eigenvalue weighted by Crippen LogP contribution is 2.45. The Bertz CT molecular complexity index is 1070. The lowest BCUT2D eigenvalue weighted by atomic mass is 9.67. The molecule has 0 aliphatic heterocycles. The third-order valence-corrected chi connectivity index (χ3v) is 7.55. The van der Waals surface area contributed by atoms with Gasteiger partial charge in [0.05, 0.1) is 11.8 Å². The van der Waals surface area contributed by atoms with E-state index in [-0.39, 0.29) is 29.0 Å². The average molecular weight is 487 g/mol. The van der Waals surface area contributed by atoms with Crippen LogP contribution in [0, 0.1) is 11.3 Å². The summed E-state index contributed by atoms with van der Waals surface area (Å²) in [6.45, 7) is 0.706. The molecule has 6 nitrogen and oxygen atoms in total. The zero-order valence-corrected chi connectivity index (χ0v) is 19.6. The second kappa shape index (κ2) is 9.57. The van der Waals surface area contributed by atoms with Crippen LogP contribution in [0.1, 0.15) is 79.9 Å². The SMILES string of the molecule is C[C@](O)(c1ccc(C(=O)N(C2CC2)C2CCC(CCC#N)(c3cnccn3)CC2)cc1)C(F)(F)F. The van der Waals surface area contributed by atoms with Gasteiger partial charge in [-0.1, -0.05) is 12.1 Å². The molecule has 2 saturated carbocycles. The second-order valence-corrected chi connectivity index (χ2v) is 9.85. The first-order valence-electron chi connectivity index (χ1n) is 11.9. The van der Waals surface area contributed by atoms with Crippen molar-refractivity contribution in [2.24, 2.45) is 0 Å². The molecule has 2 aliphatic carbocycles.